The highest BCUT2D eigenvalue weighted by atomic mass is 14.4. The average Bonchev–Trinajstić information content (AvgIpc) is 2.52. The van der Waals surface area contributed by atoms with Gasteiger partial charge in [-0.1, -0.05) is 45.1 Å². The van der Waals surface area contributed by atoms with Crippen LogP contribution in [0.1, 0.15) is 77.6 Å². The SMILES string of the molecule is CCCCC1CCC(C2CCC(C=CC#N)CC2)CC1. The van der Waals surface area contributed by atoms with Crippen LogP contribution in [0.4, 0.5) is 0 Å². The zero-order chi connectivity index (χ0) is 14.2. The van der Waals surface area contributed by atoms with Crippen LogP contribution < -0.4 is 0 Å². The number of rotatable bonds is 5. The summed E-state index contributed by atoms with van der Waals surface area (Å²) in [6.45, 7) is 2.31. The van der Waals surface area contributed by atoms with E-state index in [9.17, 15) is 0 Å². The summed E-state index contributed by atoms with van der Waals surface area (Å²) >= 11 is 0. The smallest absolute Gasteiger partial charge is 0.0908 e. The Balaban J connectivity index is 1.68. The molecule has 112 valence electrons. The van der Waals surface area contributed by atoms with Gasteiger partial charge in [0.15, 0.2) is 0 Å². The second-order valence-electron chi connectivity index (χ2n) is 7.09. The van der Waals surface area contributed by atoms with Crippen molar-refractivity contribution < 1.29 is 0 Å². The van der Waals surface area contributed by atoms with E-state index >= 15 is 0 Å². The molecular weight excluding hydrogens is 242 g/mol. The molecule has 0 bridgehead atoms. The van der Waals surface area contributed by atoms with Crippen LogP contribution in [0.25, 0.3) is 0 Å². The number of unbranched alkanes of at least 4 members (excludes halogenated alkanes) is 1. The van der Waals surface area contributed by atoms with Gasteiger partial charge in [0.2, 0.25) is 0 Å². The van der Waals surface area contributed by atoms with Gasteiger partial charge in [0.05, 0.1) is 6.07 Å². The molecule has 1 heteroatoms. The minimum atomic E-state index is 0.687. The third kappa shape index (κ3) is 4.65. The van der Waals surface area contributed by atoms with Gasteiger partial charge in [0, 0.05) is 6.08 Å². The Morgan fingerprint density at radius 2 is 1.55 bits per heavy atom. The van der Waals surface area contributed by atoms with E-state index in [1.54, 1.807) is 6.08 Å². The largest absolute Gasteiger partial charge is 0.193 e. The Morgan fingerprint density at radius 1 is 0.950 bits per heavy atom. The molecule has 2 rings (SSSR count). The van der Waals surface area contributed by atoms with Crippen LogP contribution in [-0.2, 0) is 0 Å². The molecule has 0 aromatic rings. The topological polar surface area (TPSA) is 23.8 Å². The zero-order valence-electron chi connectivity index (χ0n) is 13.2. The van der Waals surface area contributed by atoms with Crippen molar-refractivity contribution in [2.45, 2.75) is 77.6 Å². The maximum Gasteiger partial charge on any atom is 0.0908 e. The molecule has 0 atom stereocenters. The fourth-order valence-electron chi connectivity index (χ4n) is 4.43. The number of allylic oxidation sites excluding steroid dienone is 2. The van der Waals surface area contributed by atoms with Gasteiger partial charge in [-0.05, 0) is 62.2 Å². The fraction of sp³-hybridized carbons (Fsp3) is 0.842. The van der Waals surface area contributed by atoms with Crippen LogP contribution in [0.15, 0.2) is 12.2 Å². The summed E-state index contributed by atoms with van der Waals surface area (Å²) < 4.78 is 0. The minimum absolute atomic E-state index is 0.687. The summed E-state index contributed by atoms with van der Waals surface area (Å²) in [6, 6.07) is 2.13. The molecule has 0 unspecified atom stereocenters. The number of nitrogens with zero attached hydrogens (tertiary/aromatic N) is 1. The van der Waals surface area contributed by atoms with Crippen LogP contribution in [0, 0.1) is 35.0 Å². The molecule has 0 N–H and O–H groups in total. The normalized spacial score (nSPS) is 35.0. The third-order valence-corrected chi connectivity index (χ3v) is 5.78. The lowest BCUT2D eigenvalue weighted by Gasteiger charge is -2.37. The molecule has 2 aliphatic carbocycles. The van der Waals surface area contributed by atoms with Crippen molar-refractivity contribution in [3.8, 4) is 6.07 Å². The Labute approximate surface area is 125 Å². The maximum absolute atomic E-state index is 8.60. The van der Waals surface area contributed by atoms with E-state index in [-0.39, 0.29) is 0 Å². The van der Waals surface area contributed by atoms with E-state index < -0.39 is 0 Å². The molecule has 0 heterocycles. The Hall–Kier alpha value is -0.770. The molecular formula is C19H31N. The highest BCUT2D eigenvalue weighted by Crippen LogP contribution is 2.42. The number of hydrogen-bond donors (Lipinski definition) is 0. The van der Waals surface area contributed by atoms with E-state index in [4.69, 9.17) is 5.26 Å². The van der Waals surface area contributed by atoms with Crippen molar-refractivity contribution in [3.05, 3.63) is 12.2 Å². The summed E-state index contributed by atoms with van der Waals surface area (Å²) in [7, 11) is 0. The highest BCUT2D eigenvalue weighted by molar-refractivity contribution is 5.04. The Kier molecular flexibility index (Phi) is 6.64. The van der Waals surface area contributed by atoms with Gasteiger partial charge in [-0.2, -0.15) is 5.26 Å². The summed E-state index contributed by atoms with van der Waals surface area (Å²) in [6.07, 6.45) is 19.5. The third-order valence-electron chi connectivity index (χ3n) is 5.78. The lowest BCUT2D eigenvalue weighted by molar-refractivity contribution is 0.152. The van der Waals surface area contributed by atoms with E-state index in [1.165, 1.54) is 70.6 Å². The first-order valence-electron chi connectivity index (χ1n) is 8.89. The van der Waals surface area contributed by atoms with E-state index in [0.29, 0.717) is 5.92 Å². The second-order valence-corrected chi connectivity index (χ2v) is 7.09. The monoisotopic (exact) mass is 273 g/mol. The first kappa shape index (κ1) is 15.6. The second kappa shape index (κ2) is 8.50. The summed E-state index contributed by atoms with van der Waals surface area (Å²) in [5, 5.41) is 8.60. The highest BCUT2D eigenvalue weighted by Gasteiger charge is 2.29. The Bertz CT molecular complexity index is 322. The van der Waals surface area contributed by atoms with Gasteiger partial charge in [0.25, 0.3) is 0 Å². The zero-order valence-corrected chi connectivity index (χ0v) is 13.2. The van der Waals surface area contributed by atoms with Crippen molar-refractivity contribution in [1.82, 2.24) is 0 Å². The lowest BCUT2D eigenvalue weighted by atomic mass is 9.68. The van der Waals surface area contributed by atoms with Crippen LogP contribution >= 0.6 is 0 Å². The average molecular weight is 273 g/mol. The molecule has 2 aliphatic rings. The molecule has 0 amide bonds. The van der Waals surface area contributed by atoms with E-state index in [2.05, 4.69) is 19.1 Å². The van der Waals surface area contributed by atoms with Crippen LogP contribution in [0.5, 0.6) is 0 Å². The van der Waals surface area contributed by atoms with Crippen LogP contribution in [0.2, 0.25) is 0 Å². The molecule has 2 fully saturated rings. The van der Waals surface area contributed by atoms with Crippen molar-refractivity contribution in [2.24, 2.45) is 23.7 Å². The Morgan fingerprint density at radius 3 is 2.10 bits per heavy atom. The molecule has 0 radical (unpaired) electrons. The quantitative estimate of drug-likeness (QED) is 0.575. The van der Waals surface area contributed by atoms with Crippen molar-refractivity contribution in [2.75, 3.05) is 0 Å². The van der Waals surface area contributed by atoms with E-state index in [0.717, 1.165) is 17.8 Å². The van der Waals surface area contributed by atoms with E-state index in [1.807, 2.05) is 0 Å². The predicted molar refractivity (Wildman–Crippen MR) is 85.2 cm³/mol. The predicted octanol–water partition coefficient (Wildman–Crippen LogP) is 5.87. The standard InChI is InChI=1S/C19H31N/c1-2-3-5-16-7-11-18(12-8-16)19-13-9-17(10-14-19)6-4-15-20/h4,6,16-19H,2-3,5,7-14H2,1H3. The number of nitriles is 1. The summed E-state index contributed by atoms with van der Waals surface area (Å²) in [4.78, 5) is 0. The van der Waals surface area contributed by atoms with Crippen LogP contribution in [0.3, 0.4) is 0 Å². The van der Waals surface area contributed by atoms with Crippen molar-refractivity contribution in [1.29, 1.82) is 5.26 Å². The maximum atomic E-state index is 8.60. The van der Waals surface area contributed by atoms with Gasteiger partial charge < -0.3 is 0 Å². The van der Waals surface area contributed by atoms with Gasteiger partial charge in [-0.15, -0.1) is 0 Å². The fourth-order valence-corrected chi connectivity index (χ4v) is 4.43. The molecule has 20 heavy (non-hydrogen) atoms. The molecule has 0 saturated heterocycles. The van der Waals surface area contributed by atoms with Gasteiger partial charge >= 0.3 is 0 Å². The number of hydrogen-bond acceptors (Lipinski definition) is 1. The first-order chi connectivity index (χ1) is 9.83. The van der Waals surface area contributed by atoms with Crippen LogP contribution in [-0.4, -0.2) is 0 Å². The lowest BCUT2D eigenvalue weighted by Crippen LogP contribution is -2.25. The van der Waals surface area contributed by atoms with Gasteiger partial charge in [-0.3, -0.25) is 0 Å². The van der Waals surface area contributed by atoms with Gasteiger partial charge in [-0.25, -0.2) is 0 Å². The van der Waals surface area contributed by atoms with Crippen molar-refractivity contribution in [3.63, 3.8) is 0 Å². The minimum Gasteiger partial charge on any atom is -0.193 e. The van der Waals surface area contributed by atoms with Gasteiger partial charge in [0.1, 0.15) is 0 Å². The van der Waals surface area contributed by atoms with Crippen molar-refractivity contribution >= 4 is 0 Å². The molecule has 0 aromatic carbocycles. The molecule has 0 aromatic heterocycles. The summed E-state index contributed by atoms with van der Waals surface area (Å²) in [5.41, 5.74) is 0. The molecule has 0 aliphatic heterocycles. The molecule has 1 nitrogen and oxygen atoms in total. The molecule has 0 spiro atoms. The summed E-state index contributed by atoms with van der Waals surface area (Å²) in [5.74, 6) is 3.75. The molecule has 2 saturated carbocycles. The first-order valence-corrected chi connectivity index (χ1v) is 8.89.